The van der Waals surface area contributed by atoms with Crippen LogP contribution in [0.15, 0.2) is 43.7 Å². The zero-order valence-corrected chi connectivity index (χ0v) is 15.8. The summed E-state index contributed by atoms with van der Waals surface area (Å²) in [5.74, 6) is 0.621. The molecule has 0 radical (unpaired) electrons. The first-order valence-electron chi connectivity index (χ1n) is 5.58. The molecule has 0 N–H and O–H groups in total. The summed E-state index contributed by atoms with van der Waals surface area (Å²) in [5.41, 5.74) is 0.527. The van der Waals surface area contributed by atoms with Crippen LogP contribution in [-0.4, -0.2) is 4.92 Å². The monoisotopic (exact) mass is 497 g/mol. The molecule has 0 saturated heterocycles. The molecule has 2 aromatic carbocycles. The van der Waals surface area contributed by atoms with Crippen LogP contribution in [0.3, 0.4) is 0 Å². The highest BCUT2D eigenvalue weighted by molar-refractivity contribution is 9.11. The van der Waals surface area contributed by atoms with E-state index in [0.717, 1.165) is 13.4 Å². The van der Waals surface area contributed by atoms with Gasteiger partial charge in [-0.05, 0) is 55.6 Å². The summed E-state index contributed by atoms with van der Waals surface area (Å²) in [5, 5.41) is 11.0. The standard InChI is InChI=1S/C13H7Br3ClNO3/c14-8-4-9(15)13(10(16)5-8)21-6-7-1-2-11(17)12(3-7)18(19)20/h1-5H,6H2. The molecule has 0 bridgehead atoms. The molecule has 0 amide bonds. The van der Waals surface area contributed by atoms with E-state index < -0.39 is 4.92 Å². The van der Waals surface area contributed by atoms with Gasteiger partial charge in [0, 0.05) is 10.5 Å². The summed E-state index contributed by atoms with van der Waals surface area (Å²) in [4.78, 5) is 10.3. The van der Waals surface area contributed by atoms with Crippen LogP contribution in [0.2, 0.25) is 5.02 Å². The number of hydrogen-bond acceptors (Lipinski definition) is 3. The van der Waals surface area contributed by atoms with Gasteiger partial charge in [0.1, 0.15) is 17.4 Å². The molecule has 0 aliphatic rings. The second kappa shape index (κ2) is 7.09. The van der Waals surface area contributed by atoms with Crippen LogP contribution in [-0.2, 0) is 6.61 Å². The summed E-state index contributed by atoms with van der Waals surface area (Å²) < 4.78 is 8.14. The first kappa shape index (κ1) is 16.7. The van der Waals surface area contributed by atoms with E-state index in [4.69, 9.17) is 16.3 Å². The predicted molar refractivity (Wildman–Crippen MR) is 92.0 cm³/mol. The molecule has 2 aromatic rings. The fourth-order valence-electron chi connectivity index (χ4n) is 1.61. The molecule has 0 atom stereocenters. The fourth-order valence-corrected chi connectivity index (χ4v) is 4.28. The lowest BCUT2D eigenvalue weighted by Gasteiger charge is -2.11. The number of rotatable bonds is 4. The average Bonchev–Trinajstić information content (AvgIpc) is 2.38. The zero-order chi connectivity index (χ0) is 15.6. The summed E-state index contributed by atoms with van der Waals surface area (Å²) in [6.07, 6.45) is 0. The molecule has 0 heterocycles. The second-order valence-corrected chi connectivity index (χ2v) is 7.06. The molecule has 0 aliphatic heterocycles. The highest BCUT2D eigenvalue weighted by atomic mass is 79.9. The Labute approximate surface area is 151 Å². The summed E-state index contributed by atoms with van der Waals surface area (Å²) in [6.45, 7) is 0.191. The van der Waals surface area contributed by atoms with Crippen molar-refractivity contribution in [2.24, 2.45) is 0 Å². The molecule has 110 valence electrons. The molecule has 4 nitrogen and oxygen atoms in total. The minimum atomic E-state index is -0.517. The normalized spacial score (nSPS) is 10.5. The maximum Gasteiger partial charge on any atom is 0.288 e. The van der Waals surface area contributed by atoms with Gasteiger partial charge in [-0.3, -0.25) is 10.1 Å². The van der Waals surface area contributed by atoms with Crippen LogP contribution in [0.5, 0.6) is 5.75 Å². The molecule has 0 fully saturated rings. The number of hydrogen-bond donors (Lipinski definition) is 0. The smallest absolute Gasteiger partial charge is 0.288 e. The van der Waals surface area contributed by atoms with Gasteiger partial charge in [0.15, 0.2) is 0 Å². The molecular weight excluding hydrogens is 493 g/mol. The van der Waals surface area contributed by atoms with E-state index in [0.29, 0.717) is 11.3 Å². The summed E-state index contributed by atoms with van der Waals surface area (Å²) >= 11 is 16.0. The van der Waals surface area contributed by atoms with E-state index in [1.54, 1.807) is 6.07 Å². The Hall–Kier alpha value is -0.630. The van der Waals surface area contributed by atoms with Crippen molar-refractivity contribution in [1.82, 2.24) is 0 Å². The van der Waals surface area contributed by atoms with Crippen molar-refractivity contribution in [3.8, 4) is 5.75 Å². The SMILES string of the molecule is O=[N+]([O-])c1cc(COc2c(Br)cc(Br)cc2Br)ccc1Cl. The minimum Gasteiger partial charge on any atom is -0.487 e. The van der Waals surface area contributed by atoms with Gasteiger partial charge in [-0.2, -0.15) is 0 Å². The van der Waals surface area contributed by atoms with Crippen LogP contribution >= 0.6 is 59.4 Å². The van der Waals surface area contributed by atoms with Crippen LogP contribution in [0, 0.1) is 10.1 Å². The summed E-state index contributed by atoms with van der Waals surface area (Å²) in [6, 6.07) is 8.29. The Balaban J connectivity index is 2.21. The van der Waals surface area contributed by atoms with E-state index in [2.05, 4.69) is 47.8 Å². The highest BCUT2D eigenvalue weighted by Crippen LogP contribution is 2.37. The number of nitro benzene ring substituents is 1. The predicted octanol–water partition coefficient (Wildman–Crippen LogP) is 6.11. The van der Waals surface area contributed by atoms with Crippen molar-refractivity contribution in [3.63, 3.8) is 0 Å². The lowest BCUT2D eigenvalue weighted by atomic mass is 10.2. The highest BCUT2D eigenvalue weighted by Gasteiger charge is 2.14. The van der Waals surface area contributed by atoms with Crippen molar-refractivity contribution >= 4 is 65.1 Å². The van der Waals surface area contributed by atoms with E-state index in [1.165, 1.54) is 12.1 Å². The van der Waals surface area contributed by atoms with Crippen LogP contribution < -0.4 is 4.74 Å². The zero-order valence-electron chi connectivity index (χ0n) is 10.3. The number of nitrogens with zero attached hydrogens (tertiary/aromatic N) is 1. The Kier molecular flexibility index (Phi) is 5.65. The van der Waals surface area contributed by atoms with Crippen molar-refractivity contribution < 1.29 is 9.66 Å². The maximum atomic E-state index is 10.9. The lowest BCUT2D eigenvalue weighted by molar-refractivity contribution is -0.384. The van der Waals surface area contributed by atoms with Gasteiger partial charge in [0.2, 0.25) is 0 Å². The van der Waals surface area contributed by atoms with Gasteiger partial charge in [-0.25, -0.2) is 0 Å². The lowest BCUT2D eigenvalue weighted by Crippen LogP contribution is -1.98. The van der Waals surface area contributed by atoms with Crippen LogP contribution in [0.4, 0.5) is 5.69 Å². The van der Waals surface area contributed by atoms with Crippen LogP contribution in [0.1, 0.15) is 5.56 Å². The molecule has 2 rings (SSSR count). The van der Waals surface area contributed by atoms with Crippen molar-refractivity contribution in [1.29, 1.82) is 0 Å². The summed E-state index contributed by atoms with van der Waals surface area (Å²) in [7, 11) is 0. The van der Waals surface area contributed by atoms with Crippen molar-refractivity contribution in [2.45, 2.75) is 6.61 Å². The van der Waals surface area contributed by atoms with Crippen LogP contribution in [0.25, 0.3) is 0 Å². The van der Waals surface area contributed by atoms with Gasteiger partial charge in [0.05, 0.1) is 13.9 Å². The topological polar surface area (TPSA) is 52.4 Å². The third-order valence-electron chi connectivity index (χ3n) is 2.55. The van der Waals surface area contributed by atoms with E-state index in [1.807, 2.05) is 12.1 Å². The number of ether oxygens (including phenoxy) is 1. The molecule has 0 aromatic heterocycles. The van der Waals surface area contributed by atoms with Crippen molar-refractivity contribution in [3.05, 3.63) is 64.5 Å². The van der Waals surface area contributed by atoms with E-state index in [9.17, 15) is 10.1 Å². The molecule has 0 unspecified atom stereocenters. The number of benzene rings is 2. The molecular formula is C13H7Br3ClNO3. The quantitative estimate of drug-likeness (QED) is 0.376. The number of nitro groups is 1. The Morgan fingerprint density at radius 3 is 2.33 bits per heavy atom. The average molecular weight is 500 g/mol. The molecule has 8 heteroatoms. The minimum absolute atomic E-state index is 0.106. The Morgan fingerprint density at radius 2 is 1.76 bits per heavy atom. The van der Waals surface area contributed by atoms with Gasteiger partial charge in [-0.15, -0.1) is 0 Å². The van der Waals surface area contributed by atoms with Gasteiger partial charge >= 0.3 is 0 Å². The van der Waals surface area contributed by atoms with Gasteiger partial charge in [-0.1, -0.05) is 33.6 Å². The van der Waals surface area contributed by atoms with Crippen molar-refractivity contribution in [2.75, 3.05) is 0 Å². The molecule has 0 spiro atoms. The molecule has 21 heavy (non-hydrogen) atoms. The first-order chi connectivity index (χ1) is 9.88. The maximum absolute atomic E-state index is 10.9. The third-order valence-corrected chi connectivity index (χ3v) is 4.51. The Morgan fingerprint density at radius 1 is 1.14 bits per heavy atom. The largest absolute Gasteiger partial charge is 0.487 e. The first-order valence-corrected chi connectivity index (χ1v) is 8.34. The second-order valence-electron chi connectivity index (χ2n) is 4.03. The van der Waals surface area contributed by atoms with Gasteiger partial charge < -0.3 is 4.74 Å². The molecule has 0 saturated carbocycles. The van der Waals surface area contributed by atoms with Gasteiger partial charge in [0.25, 0.3) is 5.69 Å². The fraction of sp³-hybridized carbons (Fsp3) is 0.0769. The Bertz CT molecular complexity index is 686. The van der Waals surface area contributed by atoms with E-state index in [-0.39, 0.29) is 17.3 Å². The third kappa shape index (κ3) is 4.18. The number of halogens is 4. The van der Waals surface area contributed by atoms with E-state index >= 15 is 0 Å². The molecule has 0 aliphatic carbocycles.